The number of hydrogen-bond donors (Lipinski definition) is 0. The molecular formula is C19H27NO2. The largest absolute Gasteiger partial charge is 0.419 e. The van der Waals surface area contributed by atoms with Crippen LogP contribution in [-0.2, 0) is 17.3 Å². The van der Waals surface area contributed by atoms with Crippen LogP contribution in [0.5, 0.6) is 0 Å². The zero-order chi connectivity index (χ0) is 16.7. The average Bonchev–Trinajstić information content (AvgIpc) is 2.36. The van der Waals surface area contributed by atoms with Gasteiger partial charge in [-0.3, -0.25) is 0 Å². The minimum Gasteiger partial charge on any atom is -0.419 e. The van der Waals surface area contributed by atoms with Crippen LogP contribution in [0.4, 0.5) is 0 Å². The van der Waals surface area contributed by atoms with Crippen LogP contribution in [0.15, 0.2) is 21.3 Å². The third kappa shape index (κ3) is 3.23. The summed E-state index contributed by atoms with van der Waals surface area (Å²) in [7, 11) is 0. The molecule has 3 heteroatoms. The zero-order valence-corrected chi connectivity index (χ0v) is 14.8. The molecule has 0 aliphatic rings. The Balaban J connectivity index is 2.86. The summed E-state index contributed by atoms with van der Waals surface area (Å²) in [4.78, 5) is 16.8. The summed E-state index contributed by atoms with van der Waals surface area (Å²) in [6.45, 7) is 15.0. The zero-order valence-electron chi connectivity index (χ0n) is 14.8. The van der Waals surface area contributed by atoms with Crippen molar-refractivity contribution in [2.75, 3.05) is 0 Å². The predicted molar refractivity (Wildman–Crippen MR) is 91.7 cm³/mol. The first-order chi connectivity index (χ1) is 10.0. The van der Waals surface area contributed by atoms with Crippen molar-refractivity contribution in [2.45, 2.75) is 72.1 Å². The molecular weight excluding hydrogens is 274 g/mol. The van der Waals surface area contributed by atoms with Crippen LogP contribution < -0.4 is 5.63 Å². The molecule has 0 aliphatic carbocycles. The molecule has 1 aromatic carbocycles. The van der Waals surface area contributed by atoms with Gasteiger partial charge in [-0.1, -0.05) is 61.0 Å². The molecule has 22 heavy (non-hydrogen) atoms. The van der Waals surface area contributed by atoms with Gasteiger partial charge in [0, 0.05) is 5.56 Å². The van der Waals surface area contributed by atoms with Gasteiger partial charge in [0.1, 0.15) is 11.2 Å². The number of fused-ring (bicyclic) bond motifs is 1. The van der Waals surface area contributed by atoms with E-state index in [1.165, 1.54) is 5.56 Å². The molecule has 0 fully saturated rings. The lowest BCUT2D eigenvalue weighted by Crippen LogP contribution is -2.19. The Kier molecular flexibility index (Phi) is 4.20. The monoisotopic (exact) mass is 301 g/mol. The molecule has 3 nitrogen and oxygen atoms in total. The molecule has 1 heterocycles. The van der Waals surface area contributed by atoms with Gasteiger partial charge in [-0.2, -0.15) is 0 Å². The number of rotatable bonds is 2. The van der Waals surface area contributed by atoms with Crippen LogP contribution in [0.2, 0.25) is 0 Å². The summed E-state index contributed by atoms with van der Waals surface area (Å²) >= 11 is 0. The highest BCUT2D eigenvalue weighted by atomic mass is 16.4. The minimum absolute atomic E-state index is 0.0247. The van der Waals surface area contributed by atoms with Gasteiger partial charge in [-0.25, -0.2) is 9.78 Å². The van der Waals surface area contributed by atoms with Crippen molar-refractivity contribution in [3.8, 4) is 0 Å². The fraction of sp³-hybridized carbons (Fsp3) is 0.579. The fourth-order valence-electron chi connectivity index (χ4n) is 2.53. The van der Waals surface area contributed by atoms with Crippen molar-refractivity contribution >= 4 is 11.1 Å². The second-order valence-electron chi connectivity index (χ2n) is 8.07. The van der Waals surface area contributed by atoms with Gasteiger partial charge < -0.3 is 4.42 Å². The molecule has 2 rings (SSSR count). The summed E-state index contributed by atoms with van der Waals surface area (Å²) in [6.07, 6.45) is 1.54. The van der Waals surface area contributed by atoms with Crippen LogP contribution in [-0.4, -0.2) is 4.98 Å². The minimum atomic E-state index is -0.302. The van der Waals surface area contributed by atoms with E-state index >= 15 is 0 Å². The molecule has 0 N–H and O–H groups in total. The first-order valence-corrected chi connectivity index (χ1v) is 8.02. The molecule has 0 saturated carbocycles. The summed E-state index contributed by atoms with van der Waals surface area (Å²) in [5, 5.41) is 0. The van der Waals surface area contributed by atoms with E-state index in [0.717, 1.165) is 17.5 Å². The highest BCUT2D eigenvalue weighted by Crippen LogP contribution is 2.34. The second kappa shape index (κ2) is 5.53. The molecule has 0 radical (unpaired) electrons. The van der Waals surface area contributed by atoms with Crippen molar-refractivity contribution in [1.29, 1.82) is 0 Å². The number of benzene rings is 1. The molecule has 0 bridgehead atoms. The first kappa shape index (κ1) is 16.7. The fourth-order valence-corrected chi connectivity index (χ4v) is 2.53. The third-order valence-electron chi connectivity index (χ3n) is 3.92. The van der Waals surface area contributed by atoms with Crippen molar-refractivity contribution in [1.82, 2.24) is 4.98 Å². The van der Waals surface area contributed by atoms with Gasteiger partial charge >= 0.3 is 5.63 Å². The van der Waals surface area contributed by atoms with Crippen LogP contribution in [0.1, 0.15) is 71.7 Å². The van der Waals surface area contributed by atoms with E-state index in [4.69, 9.17) is 4.42 Å². The van der Waals surface area contributed by atoms with Gasteiger partial charge in [0.05, 0.1) is 0 Å². The molecule has 0 amide bonds. The molecule has 1 aromatic heterocycles. The Morgan fingerprint density at radius 1 is 1.05 bits per heavy atom. The van der Waals surface area contributed by atoms with Crippen molar-refractivity contribution in [3.05, 3.63) is 39.4 Å². The Labute approximate surface area is 132 Å². The van der Waals surface area contributed by atoms with Gasteiger partial charge in [0.15, 0.2) is 5.58 Å². The second-order valence-corrected chi connectivity index (χ2v) is 8.07. The van der Waals surface area contributed by atoms with Gasteiger partial charge in [-0.15, -0.1) is 0 Å². The van der Waals surface area contributed by atoms with Gasteiger partial charge in [0.25, 0.3) is 0 Å². The van der Waals surface area contributed by atoms with Gasteiger partial charge in [0.2, 0.25) is 0 Å². The van der Waals surface area contributed by atoms with Crippen LogP contribution in [0.3, 0.4) is 0 Å². The topological polar surface area (TPSA) is 43.1 Å². The molecule has 0 saturated heterocycles. The lowest BCUT2D eigenvalue weighted by atomic mass is 9.80. The maximum absolute atomic E-state index is 12.2. The lowest BCUT2D eigenvalue weighted by Gasteiger charge is -2.25. The molecule has 120 valence electrons. The maximum atomic E-state index is 12.2. The van der Waals surface area contributed by atoms with Crippen LogP contribution >= 0.6 is 0 Å². The number of aryl methyl sites for hydroxylation is 1. The standard InChI is InChI=1S/C19H27NO2/c1-8-9-14-17(21)22-16-13(19(5,6)7)10-12(18(2,3)4)11-15(16)20-14/h10-11H,8-9H2,1-7H3. The van der Waals surface area contributed by atoms with Crippen molar-refractivity contribution in [3.63, 3.8) is 0 Å². The highest BCUT2D eigenvalue weighted by Gasteiger charge is 2.24. The molecule has 0 spiro atoms. The first-order valence-electron chi connectivity index (χ1n) is 8.02. The molecule has 2 aromatic rings. The van der Waals surface area contributed by atoms with Gasteiger partial charge in [-0.05, 0) is 28.9 Å². The van der Waals surface area contributed by atoms with E-state index in [9.17, 15) is 4.79 Å². The van der Waals surface area contributed by atoms with Crippen molar-refractivity contribution in [2.24, 2.45) is 0 Å². The van der Waals surface area contributed by atoms with Crippen LogP contribution in [0.25, 0.3) is 11.1 Å². The van der Waals surface area contributed by atoms with E-state index in [-0.39, 0.29) is 16.5 Å². The third-order valence-corrected chi connectivity index (χ3v) is 3.92. The Hall–Kier alpha value is -1.64. The summed E-state index contributed by atoms with van der Waals surface area (Å²) in [5.74, 6) is 0. The molecule has 0 atom stereocenters. The summed E-state index contributed by atoms with van der Waals surface area (Å²) in [5.41, 5.74) is 3.83. The maximum Gasteiger partial charge on any atom is 0.358 e. The summed E-state index contributed by atoms with van der Waals surface area (Å²) < 4.78 is 5.65. The number of nitrogens with zero attached hydrogens (tertiary/aromatic N) is 1. The molecule has 0 unspecified atom stereocenters. The van der Waals surface area contributed by atoms with E-state index < -0.39 is 0 Å². The summed E-state index contributed by atoms with van der Waals surface area (Å²) in [6, 6.07) is 4.22. The van der Waals surface area contributed by atoms with E-state index in [1.807, 2.05) is 6.92 Å². The SMILES string of the molecule is CCCc1nc2cc(C(C)(C)C)cc(C(C)(C)C)c2oc1=O. The normalized spacial score (nSPS) is 12.9. The Morgan fingerprint density at radius 2 is 1.68 bits per heavy atom. The lowest BCUT2D eigenvalue weighted by molar-refractivity contribution is 0.512. The van der Waals surface area contributed by atoms with E-state index in [1.54, 1.807) is 0 Å². The Bertz CT molecular complexity index is 743. The smallest absolute Gasteiger partial charge is 0.358 e. The Morgan fingerprint density at radius 3 is 2.18 bits per heavy atom. The van der Waals surface area contributed by atoms with E-state index in [2.05, 4.69) is 58.7 Å². The predicted octanol–water partition coefficient (Wildman–Crippen LogP) is 4.74. The quantitative estimate of drug-likeness (QED) is 0.805. The number of aromatic nitrogens is 1. The molecule has 0 aliphatic heterocycles. The highest BCUT2D eigenvalue weighted by molar-refractivity contribution is 5.78. The van der Waals surface area contributed by atoms with Crippen LogP contribution in [0, 0.1) is 0 Å². The number of hydrogen-bond acceptors (Lipinski definition) is 3. The average molecular weight is 301 g/mol. The van der Waals surface area contributed by atoms with Crippen molar-refractivity contribution < 1.29 is 4.42 Å². The van der Waals surface area contributed by atoms with E-state index in [0.29, 0.717) is 17.7 Å².